The number of fused-ring (bicyclic) bond motifs is 1. The van der Waals surface area contributed by atoms with Gasteiger partial charge < -0.3 is 15.7 Å². The van der Waals surface area contributed by atoms with Gasteiger partial charge in [-0.25, -0.2) is 14.6 Å². The minimum atomic E-state index is -4.48. The summed E-state index contributed by atoms with van der Waals surface area (Å²) in [5, 5.41) is 14.3. The molecule has 0 saturated heterocycles. The van der Waals surface area contributed by atoms with Crippen LogP contribution < -0.4 is 10.6 Å². The molecule has 176 valence electrons. The summed E-state index contributed by atoms with van der Waals surface area (Å²) in [7, 11) is 0. The zero-order chi connectivity index (χ0) is 25.0. The van der Waals surface area contributed by atoms with Gasteiger partial charge in [-0.1, -0.05) is 24.1 Å². The smallest absolute Gasteiger partial charge is 0.416 e. The van der Waals surface area contributed by atoms with Crippen molar-refractivity contribution >= 4 is 23.3 Å². The number of amides is 2. The number of aromatic nitrogens is 2. The first-order valence-electron chi connectivity index (χ1n) is 10.2. The first-order chi connectivity index (χ1) is 16.7. The van der Waals surface area contributed by atoms with Crippen molar-refractivity contribution in [3.8, 4) is 11.8 Å². The Morgan fingerprint density at radius 1 is 1.00 bits per heavy atom. The number of carboxylic acid groups (broad SMARTS) is 1. The largest absolute Gasteiger partial charge is 0.478 e. The van der Waals surface area contributed by atoms with E-state index >= 15 is 0 Å². The van der Waals surface area contributed by atoms with Crippen molar-refractivity contribution in [2.45, 2.75) is 12.7 Å². The van der Waals surface area contributed by atoms with E-state index in [1.807, 2.05) is 0 Å². The second-order valence-corrected chi connectivity index (χ2v) is 7.36. The van der Waals surface area contributed by atoms with Crippen LogP contribution in [-0.2, 0) is 12.7 Å². The highest BCUT2D eigenvalue weighted by atomic mass is 19.4. The number of aromatic carboxylic acids is 1. The van der Waals surface area contributed by atoms with Crippen LogP contribution in [-0.4, -0.2) is 26.5 Å². The molecule has 35 heavy (non-hydrogen) atoms. The van der Waals surface area contributed by atoms with Gasteiger partial charge in [0.25, 0.3) is 0 Å². The number of rotatable bonds is 4. The molecule has 0 saturated carbocycles. The quantitative estimate of drug-likeness (QED) is 0.368. The number of nitrogens with zero attached hydrogens (tertiary/aromatic N) is 2. The lowest BCUT2D eigenvalue weighted by molar-refractivity contribution is -0.137. The summed E-state index contributed by atoms with van der Waals surface area (Å²) in [5.41, 5.74) is 1.06. The number of hydrogen-bond donors (Lipinski definition) is 3. The highest BCUT2D eigenvalue weighted by Crippen LogP contribution is 2.29. The normalized spacial score (nSPS) is 10.9. The van der Waals surface area contributed by atoms with Crippen LogP contribution in [0.25, 0.3) is 5.65 Å². The second-order valence-electron chi connectivity index (χ2n) is 7.36. The molecule has 0 fully saturated rings. The molecule has 7 nitrogen and oxygen atoms in total. The molecule has 4 aromatic rings. The Kier molecular flexibility index (Phi) is 6.42. The molecule has 10 heteroatoms. The number of anilines is 1. The predicted octanol–water partition coefficient (Wildman–Crippen LogP) is 4.77. The number of imidazole rings is 1. The van der Waals surface area contributed by atoms with Crippen molar-refractivity contribution in [1.29, 1.82) is 0 Å². The van der Waals surface area contributed by atoms with Crippen molar-refractivity contribution in [3.63, 3.8) is 0 Å². The molecule has 3 N–H and O–H groups in total. The van der Waals surface area contributed by atoms with Gasteiger partial charge in [0.2, 0.25) is 0 Å². The number of carbonyl (C=O) groups is 2. The van der Waals surface area contributed by atoms with E-state index in [0.717, 1.165) is 12.1 Å². The van der Waals surface area contributed by atoms with Crippen LogP contribution in [0.5, 0.6) is 0 Å². The third-order valence-electron chi connectivity index (χ3n) is 4.90. The molecular formula is C25H17F3N4O3. The summed E-state index contributed by atoms with van der Waals surface area (Å²) in [4.78, 5) is 27.9. The van der Waals surface area contributed by atoms with Gasteiger partial charge in [0, 0.05) is 17.4 Å². The third kappa shape index (κ3) is 5.59. The Morgan fingerprint density at radius 3 is 2.57 bits per heavy atom. The van der Waals surface area contributed by atoms with Crippen molar-refractivity contribution in [3.05, 3.63) is 101 Å². The summed E-state index contributed by atoms with van der Waals surface area (Å²) in [5.74, 6) is 4.49. The lowest BCUT2D eigenvalue weighted by Crippen LogP contribution is -2.28. The number of alkyl halides is 3. The minimum Gasteiger partial charge on any atom is -0.478 e. The second kappa shape index (κ2) is 9.61. The number of benzene rings is 2. The van der Waals surface area contributed by atoms with Crippen molar-refractivity contribution in [2.75, 3.05) is 5.32 Å². The van der Waals surface area contributed by atoms with E-state index in [0.29, 0.717) is 22.7 Å². The fourth-order valence-electron chi connectivity index (χ4n) is 3.27. The topological polar surface area (TPSA) is 95.7 Å². The van der Waals surface area contributed by atoms with Crippen LogP contribution in [0.2, 0.25) is 0 Å². The van der Waals surface area contributed by atoms with Crippen molar-refractivity contribution in [2.24, 2.45) is 0 Å². The predicted molar refractivity (Wildman–Crippen MR) is 122 cm³/mol. The molecule has 4 rings (SSSR count). The molecule has 0 aliphatic carbocycles. The Balaban J connectivity index is 1.56. The molecule has 0 aliphatic rings. The SMILES string of the molecule is O=C(NCc1nc2ccccn2c1C#Cc1cccc(C(F)(F)F)c1)Nc1cccc(C(=O)O)c1. The van der Waals surface area contributed by atoms with Crippen LogP contribution in [0.1, 0.15) is 32.9 Å². The minimum absolute atomic E-state index is 0.0234. The summed E-state index contributed by atoms with van der Waals surface area (Å²) in [6, 6.07) is 15.1. The molecule has 2 aromatic carbocycles. The fraction of sp³-hybridized carbons (Fsp3) is 0.0800. The molecule has 0 aliphatic heterocycles. The van der Waals surface area contributed by atoms with Gasteiger partial charge >= 0.3 is 18.2 Å². The standard InChI is InChI=1S/C25H17F3N4O3/c26-25(27,28)18-7-3-5-16(13-18)10-11-21-20(31-22-9-1-2-12-32(21)22)15-29-24(35)30-19-8-4-6-17(14-19)23(33)34/h1-9,12-14H,15H2,(H,33,34)(H2,29,30,35). The van der Waals surface area contributed by atoms with E-state index in [1.165, 1.54) is 30.3 Å². The average molecular weight is 478 g/mol. The summed E-state index contributed by atoms with van der Waals surface area (Å²) in [6.07, 6.45) is -2.77. The highest BCUT2D eigenvalue weighted by molar-refractivity contribution is 5.93. The Morgan fingerprint density at radius 2 is 1.80 bits per heavy atom. The lowest BCUT2D eigenvalue weighted by atomic mass is 10.1. The van der Waals surface area contributed by atoms with E-state index in [4.69, 9.17) is 5.11 Å². The summed E-state index contributed by atoms with van der Waals surface area (Å²) >= 11 is 0. The van der Waals surface area contributed by atoms with Gasteiger partial charge in [0.15, 0.2) is 0 Å². The first kappa shape index (κ1) is 23.4. The van der Waals surface area contributed by atoms with Crippen LogP contribution in [0, 0.1) is 11.8 Å². The number of urea groups is 1. The molecule has 0 spiro atoms. The van der Waals surface area contributed by atoms with Crippen molar-refractivity contribution in [1.82, 2.24) is 14.7 Å². The van der Waals surface area contributed by atoms with Crippen LogP contribution >= 0.6 is 0 Å². The van der Waals surface area contributed by atoms with Gasteiger partial charge in [0.1, 0.15) is 11.3 Å². The maximum atomic E-state index is 13.0. The average Bonchev–Trinajstić information content (AvgIpc) is 3.18. The molecular weight excluding hydrogens is 461 g/mol. The van der Waals surface area contributed by atoms with Gasteiger partial charge in [-0.15, -0.1) is 0 Å². The maximum Gasteiger partial charge on any atom is 0.416 e. The highest BCUT2D eigenvalue weighted by Gasteiger charge is 2.30. The van der Waals surface area contributed by atoms with Crippen LogP contribution in [0.3, 0.4) is 0 Å². The number of nitrogens with one attached hydrogen (secondary N) is 2. The zero-order valence-electron chi connectivity index (χ0n) is 17.9. The molecule has 2 amide bonds. The van der Waals surface area contributed by atoms with E-state index in [-0.39, 0.29) is 17.7 Å². The van der Waals surface area contributed by atoms with Gasteiger partial charge in [-0.3, -0.25) is 4.40 Å². The Labute approximate surface area is 197 Å². The van der Waals surface area contributed by atoms with E-state index < -0.39 is 23.7 Å². The van der Waals surface area contributed by atoms with Gasteiger partial charge in [-0.2, -0.15) is 13.2 Å². The molecule has 0 unspecified atom stereocenters. The Bertz CT molecular complexity index is 1480. The number of carbonyl (C=O) groups excluding carboxylic acids is 1. The molecule has 2 heterocycles. The molecule has 0 radical (unpaired) electrons. The fourth-order valence-corrected chi connectivity index (χ4v) is 3.27. The molecule has 0 atom stereocenters. The third-order valence-corrected chi connectivity index (χ3v) is 4.90. The van der Waals surface area contributed by atoms with Crippen molar-refractivity contribution < 1.29 is 27.9 Å². The van der Waals surface area contributed by atoms with E-state index in [1.54, 1.807) is 34.9 Å². The Hall–Kier alpha value is -4.78. The molecule has 2 aromatic heterocycles. The monoisotopic (exact) mass is 478 g/mol. The first-order valence-corrected chi connectivity index (χ1v) is 10.2. The van der Waals surface area contributed by atoms with E-state index in [9.17, 15) is 22.8 Å². The van der Waals surface area contributed by atoms with Gasteiger partial charge in [0.05, 0.1) is 23.4 Å². The maximum absolute atomic E-state index is 13.0. The zero-order valence-corrected chi connectivity index (χ0v) is 17.9. The summed E-state index contributed by atoms with van der Waals surface area (Å²) < 4.78 is 40.7. The summed E-state index contributed by atoms with van der Waals surface area (Å²) in [6.45, 7) is -0.0290. The number of pyridine rings is 1. The van der Waals surface area contributed by atoms with Gasteiger partial charge in [-0.05, 0) is 54.5 Å². The number of halogens is 3. The lowest BCUT2D eigenvalue weighted by Gasteiger charge is -2.07. The molecule has 0 bridgehead atoms. The number of carboxylic acids is 1. The number of hydrogen-bond acceptors (Lipinski definition) is 3. The van der Waals surface area contributed by atoms with Crippen LogP contribution in [0.4, 0.5) is 23.7 Å². The van der Waals surface area contributed by atoms with Crippen LogP contribution in [0.15, 0.2) is 72.9 Å². The van der Waals surface area contributed by atoms with E-state index in [2.05, 4.69) is 27.5 Å².